The number of nitrogens with zero attached hydrogens (tertiary/aromatic N) is 2. The van der Waals surface area contributed by atoms with Crippen LogP contribution in [0.15, 0.2) is 42.6 Å². The smallest absolute Gasteiger partial charge is 0.183 e. The summed E-state index contributed by atoms with van der Waals surface area (Å²) in [5, 5.41) is 4.35. The third-order valence-corrected chi connectivity index (χ3v) is 3.15. The van der Waals surface area contributed by atoms with Gasteiger partial charge in [-0.25, -0.2) is 4.68 Å². The number of unbranched alkanes of at least 4 members (excludes halogenated alkanes) is 3. The lowest BCUT2D eigenvalue weighted by molar-refractivity contribution is 0.0974. The molecule has 2 rings (SSSR count). The van der Waals surface area contributed by atoms with Crippen LogP contribution in [0, 0.1) is 0 Å². The van der Waals surface area contributed by atoms with E-state index in [9.17, 15) is 4.79 Å². The standard InChI is InChI=1S/C16H20N2O/c1-2-3-4-8-11-16(19)15-12-13-18(17-15)14-9-6-5-7-10-14/h5-7,9-10,12-13H,2-4,8,11H2,1H3. The minimum atomic E-state index is 0.144. The van der Waals surface area contributed by atoms with Crippen LogP contribution < -0.4 is 0 Å². The zero-order chi connectivity index (χ0) is 13.5. The van der Waals surface area contributed by atoms with Gasteiger partial charge in [-0.2, -0.15) is 5.10 Å². The van der Waals surface area contributed by atoms with Crippen LogP contribution in [0.3, 0.4) is 0 Å². The van der Waals surface area contributed by atoms with Crippen molar-refractivity contribution in [1.82, 2.24) is 9.78 Å². The zero-order valence-corrected chi connectivity index (χ0v) is 11.4. The molecule has 3 heteroatoms. The summed E-state index contributed by atoms with van der Waals surface area (Å²) in [6, 6.07) is 11.6. The number of hydrogen-bond acceptors (Lipinski definition) is 2. The number of carbonyl (C=O) groups is 1. The normalized spacial score (nSPS) is 10.6. The minimum Gasteiger partial charge on any atom is -0.292 e. The molecule has 0 N–H and O–H groups in total. The Morgan fingerprint density at radius 1 is 1.11 bits per heavy atom. The number of ketones is 1. The summed E-state index contributed by atoms with van der Waals surface area (Å²) in [7, 11) is 0. The van der Waals surface area contributed by atoms with Crippen LogP contribution in [0.4, 0.5) is 0 Å². The molecule has 19 heavy (non-hydrogen) atoms. The fourth-order valence-electron chi connectivity index (χ4n) is 2.04. The molecule has 0 radical (unpaired) electrons. The van der Waals surface area contributed by atoms with Gasteiger partial charge in [-0.3, -0.25) is 4.79 Å². The van der Waals surface area contributed by atoms with Crippen LogP contribution >= 0.6 is 0 Å². The van der Waals surface area contributed by atoms with Crippen molar-refractivity contribution in [2.24, 2.45) is 0 Å². The van der Waals surface area contributed by atoms with E-state index in [0.717, 1.165) is 18.5 Å². The summed E-state index contributed by atoms with van der Waals surface area (Å²) in [6.07, 6.45) is 6.93. The second-order valence-corrected chi connectivity index (χ2v) is 4.71. The average molecular weight is 256 g/mol. The van der Waals surface area contributed by atoms with Gasteiger partial charge in [0, 0.05) is 12.6 Å². The third kappa shape index (κ3) is 3.78. The number of carbonyl (C=O) groups excluding carboxylic acids is 1. The molecule has 0 atom stereocenters. The Hall–Kier alpha value is -1.90. The van der Waals surface area contributed by atoms with Crippen molar-refractivity contribution in [3.63, 3.8) is 0 Å². The molecule has 0 unspecified atom stereocenters. The largest absolute Gasteiger partial charge is 0.292 e. The van der Waals surface area contributed by atoms with E-state index in [1.165, 1.54) is 12.8 Å². The lowest BCUT2D eigenvalue weighted by Gasteiger charge is -2.00. The molecular weight excluding hydrogens is 236 g/mol. The van der Waals surface area contributed by atoms with Crippen molar-refractivity contribution in [2.45, 2.75) is 39.0 Å². The van der Waals surface area contributed by atoms with E-state index in [1.54, 1.807) is 10.7 Å². The van der Waals surface area contributed by atoms with Crippen LogP contribution in [0.1, 0.15) is 49.5 Å². The van der Waals surface area contributed by atoms with Gasteiger partial charge in [0.25, 0.3) is 0 Å². The summed E-state index contributed by atoms with van der Waals surface area (Å²) in [5.74, 6) is 0.144. The Labute approximate surface area is 114 Å². The Balaban J connectivity index is 1.95. The number of Topliss-reactive ketones (excluding diaryl/α,β-unsaturated/α-hetero) is 1. The Bertz CT molecular complexity index is 517. The number of aromatic nitrogens is 2. The Kier molecular flexibility index (Phi) is 4.90. The maximum atomic E-state index is 12.0. The summed E-state index contributed by atoms with van der Waals surface area (Å²) in [4.78, 5) is 12.0. The van der Waals surface area contributed by atoms with Gasteiger partial charge in [-0.15, -0.1) is 0 Å². The van der Waals surface area contributed by atoms with Crippen molar-refractivity contribution in [2.75, 3.05) is 0 Å². The molecule has 0 amide bonds. The second-order valence-electron chi connectivity index (χ2n) is 4.71. The van der Waals surface area contributed by atoms with Crippen LogP contribution in [0.5, 0.6) is 0 Å². The van der Waals surface area contributed by atoms with E-state index in [1.807, 2.05) is 36.5 Å². The van der Waals surface area contributed by atoms with Crippen molar-refractivity contribution in [3.05, 3.63) is 48.3 Å². The van der Waals surface area contributed by atoms with Gasteiger partial charge in [0.2, 0.25) is 0 Å². The molecule has 0 spiro atoms. The average Bonchev–Trinajstić information content (AvgIpc) is 2.94. The number of benzene rings is 1. The van der Waals surface area contributed by atoms with Gasteiger partial charge in [-0.1, -0.05) is 44.4 Å². The number of rotatable bonds is 7. The maximum absolute atomic E-state index is 12.0. The van der Waals surface area contributed by atoms with Crippen molar-refractivity contribution < 1.29 is 4.79 Å². The van der Waals surface area contributed by atoms with E-state index >= 15 is 0 Å². The molecule has 1 aromatic heterocycles. The highest BCUT2D eigenvalue weighted by Crippen LogP contribution is 2.10. The van der Waals surface area contributed by atoms with Crippen LogP contribution in [0.2, 0.25) is 0 Å². The predicted molar refractivity (Wildman–Crippen MR) is 76.7 cm³/mol. The minimum absolute atomic E-state index is 0.144. The lowest BCUT2D eigenvalue weighted by atomic mass is 10.1. The quantitative estimate of drug-likeness (QED) is 0.554. The summed E-state index contributed by atoms with van der Waals surface area (Å²) in [6.45, 7) is 2.17. The van der Waals surface area contributed by atoms with E-state index in [-0.39, 0.29) is 5.78 Å². The van der Waals surface area contributed by atoms with E-state index in [2.05, 4.69) is 12.0 Å². The van der Waals surface area contributed by atoms with E-state index in [4.69, 9.17) is 0 Å². The molecule has 0 bridgehead atoms. The lowest BCUT2D eigenvalue weighted by Crippen LogP contribution is -2.02. The zero-order valence-electron chi connectivity index (χ0n) is 11.4. The van der Waals surface area contributed by atoms with Gasteiger partial charge in [0.05, 0.1) is 5.69 Å². The van der Waals surface area contributed by atoms with Crippen LogP contribution in [-0.2, 0) is 0 Å². The fourth-order valence-corrected chi connectivity index (χ4v) is 2.04. The first-order chi connectivity index (χ1) is 9.31. The van der Waals surface area contributed by atoms with Gasteiger partial charge in [0.1, 0.15) is 5.69 Å². The SMILES string of the molecule is CCCCCCC(=O)c1ccn(-c2ccccc2)n1. The first kappa shape index (κ1) is 13.5. The summed E-state index contributed by atoms with van der Waals surface area (Å²) >= 11 is 0. The number of para-hydroxylation sites is 1. The van der Waals surface area contributed by atoms with Crippen LogP contribution in [-0.4, -0.2) is 15.6 Å². The first-order valence-corrected chi connectivity index (χ1v) is 6.95. The van der Waals surface area contributed by atoms with E-state index in [0.29, 0.717) is 12.1 Å². The van der Waals surface area contributed by atoms with E-state index < -0.39 is 0 Å². The molecule has 1 heterocycles. The van der Waals surface area contributed by atoms with Gasteiger partial charge >= 0.3 is 0 Å². The van der Waals surface area contributed by atoms with Crippen molar-refractivity contribution >= 4 is 5.78 Å². The van der Waals surface area contributed by atoms with Crippen molar-refractivity contribution in [1.29, 1.82) is 0 Å². The summed E-state index contributed by atoms with van der Waals surface area (Å²) < 4.78 is 1.75. The van der Waals surface area contributed by atoms with Crippen LogP contribution in [0.25, 0.3) is 5.69 Å². The molecule has 1 aromatic carbocycles. The summed E-state index contributed by atoms with van der Waals surface area (Å²) in [5.41, 5.74) is 1.55. The number of hydrogen-bond donors (Lipinski definition) is 0. The monoisotopic (exact) mass is 256 g/mol. The first-order valence-electron chi connectivity index (χ1n) is 6.95. The van der Waals surface area contributed by atoms with Gasteiger partial charge in [-0.05, 0) is 24.6 Å². The maximum Gasteiger partial charge on any atom is 0.183 e. The topological polar surface area (TPSA) is 34.9 Å². The molecule has 0 aliphatic carbocycles. The molecule has 0 fully saturated rings. The predicted octanol–water partition coefficient (Wildman–Crippen LogP) is 4.03. The Morgan fingerprint density at radius 3 is 2.63 bits per heavy atom. The fraction of sp³-hybridized carbons (Fsp3) is 0.375. The van der Waals surface area contributed by atoms with Gasteiger partial charge < -0.3 is 0 Å². The molecule has 100 valence electrons. The molecule has 0 aliphatic heterocycles. The Morgan fingerprint density at radius 2 is 1.89 bits per heavy atom. The third-order valence-electron chi connectivity index (χ3n) is 3.15. The highest BCUT2D eigenvalue weighted by atomic mass is 16.1. The molecule has 3 nitrogen and oxygen atoms in total. The second kappa shape index (κ2) is 6.88. The molecule has 0 saturated carbocycles. The highest BCUT2D eigenvalue weighted by molar-refractivity contribution is 5.94. The molecule has 2 aromatic rings. The van der Waals surface area contributed by atoms with Crippen molar-refractivity contribution in [3.8, 4) is 5.69 Å². The van der Waals surface area contributed by atoms with Gasteiger partial charge in [0.15, 0.2) is 5.78 Å². The molecular formula is C16H20N2O. The highest BCUT2D eigenvalue weighted by Gasteiger charge is 2.09. The molecule has 0 saturated heterocycles. The molecule has 0 aliphatic rings.